The van der Waals surface area contributed by atoms with Crippen LogP contribution in [-0.4, -0.2) is 23.2 Å². The zero-order valence-corrected chi connectivity index (χ0v) is 11.1. The van der Waals surface area contributed by atoms with Gasteiger partial charge in [0, 0.05) is 4.47 Å². The predicted octanol–water partition coefficient (Wildman–Crippen LogP) is 2.40. The molecule has 1 atom stereocenters. The quantitative estimate of drug-likeness (QED) is 0.895. The van der Waals surface area contributed by atoms with Gasteiger partial charge in [0.2, 0.25) is 0 Å². The van der Waals surface area contributed by atoms with Crippen LogP contribution in [0.15, 0.2) is 15.9 Å². The van der Waals surface area contributed by atoms with E-state index in [1.165, 1.54) is 11.3 Å². The topological polar surface area (TPSA) is 49.3 Å². The van der Waals surface area contributed by atoms with Crippen LogP contribution >= 0.6 is 27.3 Å². The Morgan fingerprint density at radius 1 is 1.73 bits per heavy atom. The van der Waals surface area contributed by atoms with Crippen molar-refractivity contribution >= 4 is 33.2 Å². The summed E-state index contributed by atoms with van der Waals surface area (Å²) in [6, 6.07) is 1.84. The van der Waals surface area contributed by atoms with Crippen molar-refractivity contribution in [3.63, 3.8) is 0 Å². The van der Waals surface area contributed by atoms with Gasteiger partial charge in [-0.25, -0.2) is 0 Å². The lowest BCUT2D eigenvalue weighted by Gasteiger charge is -2.26. The lowest BCUT2D eigenvalue weighted by atomic mass is 10.0. The van der Waals surface area contributed by atoms with E-state index in [1.807, 2.05) is 25.3 Å². The standard InChI is InChI=1S/C10H14BrNO2S/c1-3-10(2,6-13)12-9(14)8-7(11)4-5-15-8/h4-5,13H,3,6H2,1-2H3,(H,12,14). The number of hydrogen-bond acceptors (Lipinski definition) is 3. The van der Waals surface area contributed by atoms with Crippen LogP contribution in [0.1, 0.15) is 29.9 Å². The number of thiophene rings is 1. The molecule has 0 spiro atoms. The maximum atomic E-state index is 11.8. The van der Waals surface area contributed by atoms with Gasteiger partial charge in [-0.3, -0.25) is 4.79 Å². The van der Waals surface area contributed by atoms with Gasteiger partial charge >= 0.3 is 0 Å². The highest BCUT2D eigenvalue weighted by Gasteiger charge is 2.25. The molecule has 1 aromatic rings. The number of rotatable bonds is 4. The van der Waals surface area contributed by atoms with E-state index in [0.29, 0.717) is 11.3 Å². The molecule has 1 heterocycles. The molecular weight excluding hydrogens is 278 g/mol. The van der Waals surface area contributed by atoms with Crippen LogP contribution in [0.3, 0.4) is 0 Å². The molecule has 84 valence electrons. The van der Waals surface area contributed by atoms with Crippen molar-refractivity contribution in [3.05, 3.63) is 20.8 Å². The predicted molar refractivity (Wildman–Crippen MR) is 65.3 cm³/mol. The summed E-state index contributed by atoms with van der Waals surface area (Å²) in [5.41, 5.74) is -0.541. The molecular formula is C10H14BrNO2S. The second kappa shape index (κ2) is 5.09. The summed E-state index contributed by atoms with van der Waals surface area (Å²) in [6.07, 6.45) is 0.693. The van der Waals surface area contributed by atoms with Gasteiger partial charge in [0.25, 0.3) is 5.91 Å². The Bertz CT molecular complexity index is 347. The first-order chi connectivity index (χ1) is 7.02. The van der Waals surface area contributed by atoms with E-state index in [2.05, 4.69) is 21.2 Å². The van der Waals surface area contributed by atoms with Crippen molar-refractivity contribution in [3.8, 4) is 0 Å². The van der Waals surface area contributed by atoms with E-state index in [1.54, 1.807) is 0 Å². The summed E-state index contributed by atoms with van der Waals surface area (Å²) in [5, 5.41) is 13.9. The molecule has 1 rings (SSSR count). The fourth-order valence-corrected chi connectivity index (χ4v) is 2.47. The molecule has 0 aliphatic heterocycles. The fourth-order valence-electron chi connectivity index (χ4n) is 1.03. The van der Waals surface area contributed by atoms with Crippen LogP contribution in [0, 0.1) is 0 Å². The Morgan fingerprint density at radius 3 is 2.80 bits per heavy atom. The Kier molecular flexibility index (Phi) is 4.31. The van der Waals surface area contributed by atoms with E-state index >= 15 is 0 Å². The van der Waals surface area contributed by atoms with Crippen molar-refractivity contribution in [1.82, 2.24) is 5.32 Å². The number of nitrogens with one attached hydrogen (secondary N) is 1. The van der Waals surface area contributed by atoms with Gasteiger partial charge in [-0.1, -0.05) is 6.92 Å². The lowest BCUT2D eigenvalue weighted by molar-refractivity contribution is 0.0851. The minimum absolute atomic E-state index is 0.0573. The summed E-state index contributed by atoms with van der Waals surface area (Å²) in [5.74, 6) is -0.143. The molecule has 15 heavy (non-hydrogen) atoms. The highest BCUT2D eigenvalue weighted by molar-refractivity contribution is 9.10. The normalized spacial score (nSPS) is 14.7. The summed E-state index contributed by atoms with van der Waals surface area (Å²) in [4.78, 5) is 12.5. The molecule has 1 unspecified atom stereocenters. The first-order valence-electron chi connectivity index (χ1n) is 4.69. The molecule has 0 saturated carbocycles. The third-order valence-electron chi connectivity index (χ3n) is 2.37. The Labute approximate surface area is 102 Å². The number of amides is 1. The largest absolute Gasteiger partial charge is 0.394 e. The molecule has 0 fully saturated rings. The van der Waals surface area contributed by atoms with E-state index in [-0.39, 0.29) is 12.5 Å². The van der Waals surface area contributed by atoms with E-state index in [4.69, 9.17) is 0 Å². The second-order valence-corrected chi connectivity index (χ2v) is 5.39. The van der Waals surface area contributed by atoms with Gasteiger partial charge < -0.3 is 10.4 Å². The number of aliphatic hydroxyl groups is 1. The molecule has 3 nitrogen and oxygen atoms in total. The molecule has 0 saturated heterocycles. The van der Waals surface area contributed by atoms with Crippen molar-refractivity contribution < 1.29 is 9.90 Å². The van der Waals surface area contributed by atoms with Gasteiger partial charge in [0.15, 0.2) is 0 Å². The Balaban J connectivity index is 2.76. The van der Waals surface area contributed by atoms with Crippen LogP contribution in [0.5, 0.6) is 0 Å². The molecule has 0 bridgehead atoms. The third-order valence-corrected chi connectivity index (χ3v) is 4.20. The fraction of sp³-hybridized carbons (Fsp3) is 0.500. The van der Waals surface area contributed by atoms with E-state index in [0.717, 1.165) is 4.47 Å². The van der Waals surface area contributed by atoms with Crippen molar-refractivity contribution in [2.75, 3.05) is 6.61 Å². The highest BCUT2D eigenvalue weighted by atomic mass is 79.9. The molecule has 0 aliphatic rings. The van der Waals surface area contributed by atoms with E-state index < -0.39 is 5.54 Å². The maximum Gasteiger partial charge on any atom is 0.263 e. The molecule has 0 radical (unpaired) electrons. The van der Waals surface area contributed by atoms with Gasteiger partial charge in [0.05, 0.1) is 12.1 Å². The SMILES string of the molecule is CCC(C)(CO)NC(=O)c1sccc1Br. The average Bonchev–Trinajstić information content (AvgIpc) is 2.64. The number of halogens is 1. The van der Waals surface area contributed by atoms with Gasteiger partial charge in [-0.05, 0) is 40.7 Å². The van der Waals surface area contributed by atoms with Crippen LogP contribution < -0.4 is 5.32 Å². The van der Waals surface area contributed by atoms with Gasteiger partial charge in [-0.15, -0.1) is 11.3 Å². The van der Waals surface area contributed by atoms with Crippen LogP contribution in [0.25, 0.3) is 0 Å². The second-order valence-electron chi connectivity index (χ2n) is 3.62. The minimum Gasteiger partial charge on any atom is -0.394 e. The van der Waals surface area contributed by atoms with Crippen LogP contribution in [0.2, 0.25) is 0 Å². The van der Waals surface area contributed by atoms with Crippen molar-refractivity contribution in [2.24, 2.45) is 0 Å². The first-order valence-corrected chi connectivity index (χ1v) is 6.36. The monoisotopic (exact) mass is 291 g/mol. The van der Waals surface area contributed by atoms with Crippen LogP contribution in [-0.2, 0) is 0 Å². The summed E-state index contributed by atoms with van der Waals surface area (Å²) in [7, 11) is 0. The lowest BCUT2D eigenvalue weighted by Crippen LogP contribution is -2.48. The summed E-state index contributed by atoms with van der Waals surface area (Å²) in [6.45, 7) is 3.70. The zero-order chi connectivity index (χ0) is 11.5. The Morgan fingerprint density at radius 2 is 2.40 bits per heavy atom. The smallest absolute Gasteiger partial charge is 0.263 e. The van der Waals surface area contributed by atoms with Crippen molar-refractivity contribution in [2.45, 2.75) is 25.8 Å². The number of carbonyl (C=O) groups excluding carboxylic acids is 1. The molecule has 0 aliphatic carbocycles. The Hall–Kier alpha value is -0.390. The molecule has 0 aromatic carbocycles. The number of aliphatic hydroxyl groups excluding tert-OH is 1. The highest BCUT2D eigenvalue weighted by Crippen LogP contribution is 2.23. The summed E-state index contributed by atoms with van der Waals surface area (Å²) >= 11 is 4.68. The van der Waals surface area contributed by atoms with Gasteiger partial charge in [0.1, 0.15) is 4.88 Å². The molecule has 2 N–H and O–H groups in total. The number of carbonyl (C=O) groups is 1. The zero-order valence-electron chi connectivity index (χ0n) is 8.71. The van der Waals surface area contributed by atoms with Crippen molar-refractivity contribution in [1.29, 1.82) is 0 Å². The maximum absolute atomic E-state index is 11.8. The first kappa shape index (κ1) is 12.7. The minimum atomic E-state index is -0.541. The van der Waals surface area contributed by atoms with Crippen LogP contribution in [0.4, 0.5) is 0 Å². The van der Waals surface area contributed by atoms with E-state index in [9.17, 15) is 9.90 Å². The third kappa shape index (κ3) is 3.03. The molecule has 5 heteroatoms. The average molecular weight is 292 g/mol. The number of hydrogen-bond donors (Lipinski definition) is 2. The van der Waals surface area contributed by atoms with Gasteiger partial charge in [-0.2, -0.15) is 0 Å². The molecule has 1 aromatic heterocycles. The summed E-state index contributed by atoms with van der Waals surface area (Å²) < 4.78 is 0.793. The molecule has 1 amide bonds.